The molecule has 2 aromatic rings. The summed E-state index contributed by atoms with van der Waals surface area (Å²) in [5.74, 6) is -0.971. The van der Waals surface area contributed by atoms with Crippen LogP contribution in [0.5, 0.6) is 0 Å². The number of carbonyl (C=O) groups excluding carboxylic acids is 2. The Morgan fingerprint density at radius 3 is 2.31 bits per heavy atom. The Labute approximate surface area is 169 Å². The summed E-state index contributed by atoms with van der Waals surface area (Å²) in [5, 5.41) is 8.05. The van der Waals surface area contributed by atoms with Gasteiger partial charge in [0.05, 0.1) is 11.5 Å². The summed E-state index contributed by atoms with van der Waals surface area (Å²) in [4.78, 5) is 27.1. The van der Waals surface area contributed by atoms with Crippen LogP contribution in [0.4, 0.5) is 11.4 Å². The van der Waals surface area contributed by atoms with Gasteiger partial charge in [0.2, 0.25) is 10.0 Å². The van der Waals surface area contributed by atoms with Crippen molar-refractivity contribution in [3.63, 3.8) is 0 Å². The van der Waals surface area contributed by atoms with Gasteiger partial charge in [-0.05, 0) is 56.3 Å². The minimum atomic E-state index is -3.82. The number of hydrogen-bond acceptors (Lipinski definition) is 6. The first kappa shape index (κ1) is 20.6. The van der Waals surface area contributed by atoms with Crippen LogP contribution in [0.25, 0.3) is 0 Å². The Kier molecular flexibility index (Phi) is 5.45. The van der Waals surface area contributed by atoms with Crippen LogP contribution in [-0.2, 0) is 24.3 Å². The van der Waals surface area contributed by atoms with Gasteiger partial charge in [0.25, 0.3) is 5.91 Å². The van der Waals surface area contributed by atoms with E-state index < -0.39 is 27.4 Å². The highest BCUT2D eigenvalue weighted by Crippen LogP contribution is 2.35. The summed E-state index contributed by atoms with van der Waals surface area (Å²) in [6.45, 7) is 3.48. The lowest BCUT2D eigenvalue weighted by Gasteiger charge is -2.32. The number of carbonyl (C=O) groups is 2. The van der Waals surface area contributed by atoms with Gasteiger partial charge in [-0.2, -0.15) is 0 Å². The fourth-order valence-corrected chi connectivity index (χ4v) is 3.62. The van der Waals surface area contributed by atoms with Crippen LogP contribution < -0.4 is 15.4 Å². The summed E-state index contributed by atoms with van der Waals surface area (Å²) in [5.41, 5.74) is -0.145. The van der Waals surface area contributed by atoms with Crippen molar-refractivity contribution in [2.45, 2.75) is 24.3 Å². The van der Waals surface area contributed by atoms with Crippen molar-refractivity contribution >= 4 is 33.3 Å². The summed E-state index contributed by atoms with van der Waals surface area (Å²) in [6, 6.07) is 14.4. The predicted molar refractivity (Wildman–Crippen MR) is 108 cm³/mol. The minimum Gasteiger partial charge on any atom is -0.464 e. The van der Waals surface area contributed by atoms with E-state index in [9.17, 15) is 18.0 Å². The van der Waals surface area contributed by atoms with Crippen molar-refractivity contribution in [1.29, 1.82) is 0 Å². The molecule has 0 aromatic heterocycles. The number of benzene rings is 2. The summed E-state index contributed by atoms with van der Waals surface area (Å²) >= 11 is 0. The number of hydrogen-bond donors (Lipinski definition) is 2. The fraction of sp³-hybridized carbons (Fsp3) is 0.200. The van der Waals surface area contributed by atoms with Gasteiger partial charge in [-0.15, -0.1) is 0 Å². The number of anilines is 2. The molecular weight excluding hydrogens is 394 g/mol. The molecule has 2 aromatic carbocycles. The van der Waals surface area contributed by atoms with Crippen LogP contribution >= 0.6 is 0 Å². The van der Waals surface area contributed by atoms with Crippen molar-refractivity contribution in [3.8, 4) is 0 Å². The average Bonchev–Trinajstić information content (AvgIpc) is 2.93. The van der Waals surface area contributed by atoms with E-state index >= 15 is 0 Å². The lowest BCUT2D eigenvalue weighted by molar-refractivity contribution is -0.147. The smallest absolute Gasteiger partial charge is 0.336 e. The molecule has 0 aliphatic carbocycles. The number of para-hydroxylation sites is 1. The molecule has 1 atom stereocenters. The predicted octanol–water partition coefficient (Wildman–Crippen LogP) is 2.00. The van der Waals surface area contributed by atoms with Gasteiger partial charge in [-0.3, -0.25) is 9.69 Å². The zero-order chi connectivity index (χ0) is 21.2. The molecule has 9 heteroatoms. The average molecular weight is 415 g/mol. The lowest BCUT2D eigenvalue weighted by Crippen LogP contribution is -2.51. The maximum absolute atomic E-state index is 13.1. The molecule has 1 aliphatic heterocycles. The molecule has 152 valence electrons. The molecular formula is C20H21N3O5S. The van der Waals surface area contributed by atoms with Crippen LogP contribution in [0.15, 0.2) is 71.3 Å². The first-order chi connectivity index (χ1) is 13.7. The van der Waals surface area contributed by atoms with Gasteiger partial charge in [0.1, 0.15) is 5.70 Å². The normalized spacial score (nSPS) is 19.1. The minimum absolute atomic E-state index is 0.0444. The number of sulfonamides is 1. The van der Waals surface area contributed by atoms with Gasteiger partial charge >= 0.3 is 5.97 Å². The maximum Gasteiger partial charge on any atom is 0.336 e. The number of esters is 1. The monoisotopic (exact) mass is 415 g/mol. The van der Waals surface area contributed by atoms with Crippen LogP contribution in [-0.4, -0.2) is 32.4 Å². The van der Waals surface area contributed by atoms with Gasteiger partial charge in [0.15, 0.2) is 5.54 Å². The first-order valence-corrected chi connectivity index (χ1v) is 10.4. The highest BCUT2D eigenvalue weighted by molar-refractivity contribution is 7.89. The Morgan fingerprint density at radius 1 is 1.14 bits per heavy atom. The number of rotatable bonds is 6. The summed E-state index contributed by atoms with van der Waals surface area (Å²) in [7, 11) is -3.82. The van der Waals surface area contributed by atoms with Crippen LogP contribution in [0.2, 0.25) is 0 Å². The Bertz CT molecular complexity index is 1070. The SMILES string of the molecule is CCOC(=O)[C@@]1(C)C=C(Nc2ccc(S(N)(=O)=O)cc2)C(=O)N1c1ccccc1. The molecule has 29 heavy (non-hydrogen) atoms. The third-order valence-electron chi connectivity index (χ3n) is 4.49. The van der Waals surface area contributed by atoms with E-state index in [0.29, 0.717) is 11.4 Å². The molecule has 8 nitrogen and oxygen atoms in total. The van der Waals surface area contributed by atoms with E-state index in [0.717, 1.165) is 0 Å². The molecule has 1 aliphatic rings. The second-order valence-electron chi connectivity index (χ2n) is 6.60. The lowest BCUT2D eigenvalue weighted by atomic mass is 10.0. The Hall–Kier alpha value is -3.17. The number of ether oxygens (including phenoxy) is 1. The molecule has 1 heterocycles. The van der Waals surface area contributed by atoms with Crippen molar-refractivity contribution in [2.75, 3.05) is 16.8 Å². The molecule has 0 saturated carbocycles. The maximum atomic E-state index is 13.1. The zero-order valence-corrected chi connectivity index (χ0v) is 16.8. The topological polar surface area (TPSA) is 119 Å². The van der Waals surface area contributed by atoms with Gasteiger partial charge < -0.3 is 10.1 Å². The van der Waals surface area contributed by atoms with Crippen LogP contribution in [0, 0.1) is 0 Å². The Morgan fingerprint density at radius 2 is 1.76 bits per heavy atom. The van der Waals surface area contributed by atoms with Crippen molar-refractivity contribution in [2.24, 2.45) is 5.14 Å². The highest BCUT2D eigenvalue weighted by Gasteiger charge is 2.49. The van der Waals surface area contributed by atoms with Crippen LogP contribution in [0.3, 0.4) is 0 Å². The first-order valence-electron chi connectivity index (χ1n) is 8.86. The van der Waals surface area contributed by atoms with Gasteiger partial charge in [-0.1, -0.05) is 18.2 Å². The second-order valence-corrected chi connectivity index (χ2v) is 8.16. The van der Waals surface area contributed by atoms with Gasteiger partial charge in [0, 0.05) is 11.4 Å². The molecule has 0 spiro atoms. The molecule has 1 amide bonds. The third-order valence-corrected chi connectivity index (χ3v) is 5.42. The second kappa shape index (κ2) is 7.69. The Balaban J connectivity index is 1.96. The molecule has 0 fully saturated rings. The standard InChI is InChI=1S/C20H21N3O5S/c1-3-28-19(25)20(2)13-17(18(24)23(20)15-7-5-4-6-8-15)22-14-9-11-16(12-10-14)29(21,26)27/h4-13,22H,3H2,1-2H3,(H2,21,26,27)/t20-/m1/s1. The van der Waals surface area contributed by atoms with E-state index in [4.69, 9.17) is 9.88 Å². The van der Waals surface area contributed by atoms with E-state index in [2.05, 4.69) is 5.32 Å². The number of primary sulfonamides is 1. The van der Waals surface area contributed by atoms with Crippen molar-refractivity contribution < 1.29 is 22.7 Å². The van der Waals surface area contributed by atoms with Crippen LogP contribution in [0.1, 0.15) is 13.8 Å². The van der Waals surface area contributed by atoms with Crippen molar-refractivity contribution in [1.82, 2.24) is 0 Å². The fourth-order valence-electron chi connectivity index (χ4n) is 3.10. The van der Waals surface area contributed by atoms with Crippen molar-refractivity contribution in [3.05, 3.63) is 66.4 Å². The molecule has 0 saturated heterocycles. The largest absolute Gasteiger partial charge is 0.464 e. The van der Waals surface area contributed by atoms with E-state index in [1.54, 1.807) is 38.1 Å². The van der Waals surface area contributed by atoms with E-state index in [-0.39, 0.29) is 17.2 Å². The number of amides is 1. The quantitative estimate of drug-likeness (QED) is 0.697. The van der Waals surface area contributed by atoms with Gasteiger partial charge in [-0.25, -0.2) is 18.4 Å². The summed E-state index contributed by atoms with van der Waals surface area (Å²) < 4.78 is 28.0. The molecule has 0 radical (unpaired) electrons. The molecule has 3 N–H and O–H groups in total. The highest BCUT2D eigenvalue weighted by atomic mass is 32.2. The molecule has 0 bridgehead atoms. The number of nitrogens with one attached hydrogen (secondary N) is 1. The number of nitrogens with two attached hydrogens (primary N) is 1. The molecule has 3 rings (SSSR count). The van der Waals surface area contributed by atoms with E-state index in [1.807, 2.05) is 6.07 Å². The summed E-state index contributed by atoms with van der Waals surface area (Å²) in [6.07, 6.45) is 1.51. The zero-order valence-electron chi connectivity index (χ0n) is 16.0. The number of nitrogens with zero attached hydrogens (tertiary/aromatic N) is 1. The van der Waals surface area contributed by atoms with E-state index in [1.165, 1.54) is 35.2 Å². The molecule has 0 unspecified atom stereocenters. The third kappa shape index (κ3) is 4.01.